The Morgan fingerprint density at radius 3 is 2.37 bits per heavy atom. The molecular weight excluding hydrogens is 634 g/mol. The minimum Gasteiger partial charge on any atom is -0.473 e. The van der Waals surface area contributed by atoms with Gasteiger partial charge in [0.25, 0.3) is 0 Å². The summed E-state index contributed by atoms with van der Waals surface area (Å²) in [6.07, 6.45) is -0.945. The predicted molar refractivity (Wildman–Crippen MR) is 176 cm³/mol. The molecule has 0 aliphatic rings. The first-order valence-corrected chi connectivity index (χ1v) is 15.3. The molecule has 0 bridgehead atoms. The van der Waals surface area contributed by atoms with E-state index in [2.05, 4.69) is 4.98 Å². The number of benzene rings is 3. The monoisotopic (exact) mass is 668 g/mol. The first kappa shape index (κ1) is 34.7. The van der Waals surface area contributed by atoms with Gasteiger partial charge in [-0.05, 0) is 68.8 Å². The molecule has 252 valence electrons. The van der Waals surface area contributed by atoms with Crippen LogP contribution in [0.15, 0.2) is 72.8 Å². The van der Waals surface area contributed by atoms with Crippen molar-refractivity contribution in [1.29, 1.82) is 5.26 Å². The van der Waals surface area contributed by atoms with Crippen molar-refractivity contribution in [1.82, 2.24) is 14.5 Å². The number of hydrogen-bond acceptors (Lipinski definition) is 9. The molecule has 1 atom stereocenters. The van der Waals surface area contributed by atoms with E-state index in [9.17, 15) is 14.0 Å². The highest BCUT2D eigenvalue weighted by Gasteiger charge is 2.25. The van der Waals surface area contributed by atoms with Crippen molar-refractivity contribution in [3.8, 4) is 23.2 Å². The molecule has 0 amide bonds. The van der Waals surface area contributed by atoms with Gasteiger partial charge in [-0.3, -0.25) is 0 Å². The lowest BCUT2D eigenvalue weighted by Gasteiger charge is -2.19. The number of rotatable bonds is 11. The van der Waals surface area contributed by atoms with E-state index >= 15 is 4.39 Å². The van der Waals surface area contributed by atoms with Gasteiger partial charge in [0, 0.05) is 30.7 Å². The Morgan fingerprint density at radius 2 is 1.69 bits per heavy atom. The summed E-state index contributed by atoms with van der Waals surface area (Å²) in [6.45, 7) is 5.20. The van der Waals surface area contributed by atoms with Crippen LogP contribution in [0.1, 0.15) is 53.6 Å². The highest BCUT2D eigenvalue weighted by molar-refractivity contribution is 5.94. The van der Waals surface area contributed by atoms with Gasteiger partial charge in [-0.25, -0.2) is 28.3 Å². The Hall–Kier alpha value is -5.67. The number of ether oxygens (including phenoxy) is 4. The molecule has 0 saturated carbocycles. The number of nitriles is 1. The van der Waals surface area contributed by atoms with Crippen LogP contribution >= 0.6 is 0 Å². The number of halogens is 2. The fourth-order valence-electron chi connectivity index (χ4n) is 5.08. The summed E-state index contributed by atoms with van der Waals surface area (Å²) in [5, 5.41) is 8.95. The fourth-order valence-corrected chi connectivity index (χ4v) is 5.08. The van der Waals surface area contributed by atoms with Crippen LogP contribution in [0.5, 0.6) is 5.88 Å². The van der Waals surface area contributed by atoms with Crippen molar-refractivity contribution in [3.05, 3.63) is 113 Å². The van der Waals surface area contributed by atoms with Crippen molar-refractivity contribution < 1.29 is 37.3 Å². The number of aromatic nitrogens is 3. The smallest absolute Gasteiger partial charge is 0.338 e. The molecule has 2 aromatic heterocycles. The van der Waals surface area contributed by atoms with Gasteiger partial charge in [0.2, 0.25) is 5.88 Å². The minimum atomic E-state index is -0.993. The number of nitrogens with zero attached hydrogens (tertiary/aromatic N) is 4. The van der Waals surface area contributed by atoms with Crippen LogP contribution in [0.2, 0.25) is 0 Å². The first-order chi connectivity index (χ1) is 23.4. The number of pyridine rings is 1. The Balaban J connectivity index is 1.42. The van der Waals surface area contributed by atoms with Gasteiger partial charge >= 0.3 is 11.9 Å². The van der Waals surface area contributed by atoms with Crippen molar-refractivity contribution >= 4 is 23.0 Å². The Bertz CT molecular complexity index is 2060. The fraction of sp³-hybridized carbons (Fsp3) is 0.270. The number of carbonyl (C=O) groups is 2. The summed E-state index contributed by atoms with van der Waals surface area (Å²) >= 11 is 0. The summed E-state index contributed by atoms with van der Waals surface area (Å²) in [6, 6.07) is 20.6. The predicted octanol–water partition coefficient (Wildman–Crippen LogP) is 6.56. The van der Waals surface area contributed by atoms with E-state index in [4.69, 9.17) is 29.2 Å². The zero-order valence-electron chi connectivity index (χ0n) is 27.6. The van der Waals surface area contributed by atoms with E-state index in [1.807, 2.05) is 6.07 Å². The lowest BCUT2D eigenvalue weighted by Crippen LogP contribution is -2.30. The van der Waals surface area contributed by atoms with Gasteiger partial charge in [0.05, 0.1) is 47.6 Å². The Morgan fingerprint density at radius 1 is 0.939 bits per heavy atom. The highest BCUT2D eigenvalue weighted by Crippen LogP contribution is 2.27. The topological polar surface area (TPSA) is 126 Å². The van der Waals surface area contributed by atoms with Crippen molar-refractivity contribution in [2.45, 2.75) is 52.0 Å². The SMILES string of the molecule is COC(=O)C(Cn1c(Cc2ccc(-c3cccc(OCc4ccc(C#N)cc4F)n3)cc2F)nc2ccc(C(=O)OC(C)(C)C)cc21)OC. The molecule has 3 aromatic carbocycles. The maximum Gasteiger partial charge on any atom is 0.338 e. The summed E-state index contributed by atoms with van der Waals surface area (Å²) in [4.78, 5) is 34.5. The van der Waals surface area contributed by atoms with Crippen LogP contribution in [0.4, 0.5) is 8.78 Å². The summed E-state index contributed by atoms with van der Waals surface area (Å²) < 4.78 is 53.2. The molecule has 5 aromatic rings. The van der Waals surface area contributed by atoms with E-state index in [-0.39, 0.29) is 36.6 Å². The molecule has 12 heteroatoms. The quantitative estimate of drug-likeness (QED) is 0.144. The highest BCUT2D eigenvalue weighted by atomic mass is 19.1. The van der Waals surface area contributed by atoms with Crippen LogP contribution < -0.4 is 4.74 Å². The molecule has 5 rings (SSSR count). The third kappa shape index (κ3) is 8.25. The molecule has 0 aliphatic carbocycles. The maximum absolute atomic E-state index is 15.7. The molecule has 1 unspecified atom stereocenters. The first-order valence-electron chi connectivity index (χ1n) is 15.3. The molecule has 2 heterocycles. The molecular formula is C37H34F2N4O6. The lowest BCUT2D eigenvalue weighted by atomic mass is 10.1. The van der Waals surface area contributed by atoms with Crippen LogP contribution in [-0.2, 0) is 38.6 Å². The van der Waals surface area contributed by atoms with E-state index in [0.717, 1.165) is 6.07 Å². The van der Waals surface area contributed by atoms with Crippen LogP contribution in [0.25, 0.3) is 22.3 Å². The standard InChI is InChI=1S/C37H34F2N4O6/c1-37(2,3)49-35(44)25-13-14-30-31(17-25)43(20-32(46-4)36(45)47-5)33(41-30)18-23-11-12-24(16-28(23)39)29-7-6-8-34(42-29)48-21-26-10-9-22(19-40)15-27(26)38/h6-17,32H,18,20-21H2,1-5H3. The van der Waals surface area contributed by atoms with Gasteiger partial charge in [0.15, 0.2) is 6.10 Å². The molecule has 0 fully saturated rings. The second-order valence-electron chi connectivity index (χ2n) is 12.1. The zero-order valence-corrected chi connectivity index (χ0v) is 27.6. The lowest BCUT2D eigenvalue weighted by molar-refractivity contribution is -0.153. The van der Waals surface area contributed by atoms with Crippen LogP contribution in [-0.4, -0.2) is 52.4 Å². The van der Waals surface area contributed by atoms with Gasteiger partial charge in [0.1, 0.15) is 29.7 Å². The van der Waals surface area contributed by atoms with Gasteiger partial charge in [-0.2, -0.15) is 5.26 Å². The van der Waals surface area contributed by atoms with E-state index in [0.29, 0.717) is 39.2 Å². The van der Waals surface area contributed by atoms with Gasteiger partial charge < -0.3 is 23.5 Å². The zero-order chi connectivity index (χ0) is 35.3. The average molecular weight is 669 g/mol. The van der Waals surface area contributed by atoms with Crippen molar-refractivity contribution in [3.63, 3.8) is 0 Å². The number of methoxy groups -OCH3 is 2. The molecule has 0 radical (unpaired) electrons. The van der Waals surface area contributed by atoms with Crippen molar-refractivity contribution in [2.75, 3.05) is 14.2 Å². The number of hydrogen-bond donors (Lipinski definition) is 0. The van der Waals surface area contributed by atoms with Gasteiger partial charge in [-0.1, -0.05) is 24.3 Å². The third-order valence-electron chi connectivity index (χ3n) is 7.54. The van der Waals surface area contributed by atoms with Crippen LogP contribution in [0, 0.1) is 23.0 Å². The number of esters is 2. The third-order valence-corrected chi connectivity index (χ3v) is 7.54. The molecule has 10 nitrogen and oxygen atoms in total. The minimum absolute atomic E-state index is 0.00440. The van der Waals surface area contributed by atoms with E-state index in [1.165, 1.54) is 32.4 Å². The molecule has 0 spiro atoms. The Labute approximate surface area is 281 Å². The number of fused-ring (bicyclic) bond motifs is 1. The second kappa shape index (κ2) is 14.6. The van der Waals surface area contributed by atoms with E-state index in [1.54, 1.807) is 73.9 Å². The van der Waals surface area contributed by atoms with Crippen molar-refractivity contribution in [2.24, 2.45) is 0 Å². The van der Waals surface area contributed by atoms with E-state index < -0.39 is 35.3 Å². The second-order valence-corrected chi connectivity index (χ2v) is 12.1. The summed E-state index contributed by atoms with van der Waals surface area (Å²) in [7, 11) is 2.63. The summed E-state index contributed by atoms with van der Waals surface area (Å²) in [5.41, 5.74) is 2.35. The normalized spacial score (nSPS) is 12.0. The number of imidazole rings is 1. The number of carbonyl (C=O) groups excluding carboxylic acids is 2. The average Bonchev–Trinajstić information content (AvgIpc) is 3.42. The summed E-state index contributed by atoms with van der Waals surface area (Å²) in [5.74, 6) is -1.57. The molecule has 0 aliphatic heterocycles. The molecule has 0 saturated heterocycles. The molecule has 49 heavy (non-hydrogen) atoms. The largest absolute Gasteiger partial charge is 0.473 e. The Kier molecular flexibility index (Phi) is 10.3. The van der Waals surface area contributed by atoms with Crippen LogP contribution in [0.3, 0.4) is 0 Å². The molecule has 0 N–H and O–H groups in total. The van der Waals surface area contributed by atoms with Gasteiger partial charge in [-0.15, -0.1) is 0 Å². The maximum atomic E-state index is 15.7.